The summed E-state index contributed by atoms with van der Waals surface area (Å²) >= 11 is 0. The average Bonchev–Trinajstić information content (AvgIpc) is 3.23. The Morgan fingerprint density at radius 1 is 1.29 bits per heavy atom. The van der Waals surface area contributed by atoms with E-state index in [9.17, 15) is 18.0 Å². The Bertz CT molecular complexity index is 1460. The topological polar surface area (TPSA) is 113 Å². The van der Waals surface area contributed by atoms with E-state index >= 15 is 0 Å². The summed E-state index contributed by atoms with van der Waals surface area (Å²) in [7, 11) is 1.71. The maximum atomic E-state index is 12.8. The number of hydrogen-bond acceptors (Lipinski definition) is 8. The molecule has 1 saturated heterocycles. The van der Waals surface area contributed by atoms with Crippen LogP contribution in [0.25, 0.3) is 11.2 Å². The minimum Gasteiger partial charge on any atom is -0.406 e. The van der Waals surface area contributed by atoms with E-state index in [1.54, 1.807) is 23.7 Å². The third-order valence-electron chi connectivity index (χ3n) is 6.66. The average molecular weight is 473 g/mol. The summed E-state index contributed by atoms with van der Waals surface area (Å²) in [5, 5.41) is 7.42. The number of piperidine rings is 1. The van der Waals surface area contributed by atoms with Crippen molar-refractivity contribution in [1.29, 1.82) is 0 Å². The Kier molecular flexibility index (Phi) is 4.37. The lowest BCUT2D eigenvalue weighted by atomic mass is 9.92. The van der Waals surface area contributed by atoms with Crippen LogP contribution in [-0.2, 0) is 19.0 Å². The zero-order chi connectivity index (χ0) is 23.7. The quantitative estimate of drug-likeness (QED) is 0.466. The molecule has 3 atom stereocenters. The molecule has 3 aromatic heterocycles. The number of benzene rings is 1. The van der Waals surface area contributed by atoms with Crippen molar-refractivity contribution in [2.75, 3.05) is 13.1 Å². The summed E-state index contributed by atoms with van der Waals surface area (Å²) in [5.74, 6) is 0.423. The molecule has 0 bridgehead atoms. The molecule has 0 unspecified atom stereocenters. The van der Waals surface area contributed by atoms with E-state index in [4.69, 9.17) is 4.52 Å². The van der Waals surface area contributed by atoms with E-state index in [1.807, 2.05) is 0 Å². The lowest BCUT2D eigenvalue weighted by molar-refractivity contribution is -0.274. The summed E-state index contributed by atoms with van der Waals surface area (Å²) < 4.78 is 50.6. The van der Waals surface area contributed by atoms with Crippen LogP contribution in [0.1, 0.15) is 23.2 Å². The van der Waals surface area contributed by atoms with Gasteiger partial charge in [-0.25, -0.2) is 9.97 Å². The molecule has 176 valence electrons. The molecule has 1 saturated carbocycles. The second-order valence-corrected chi connectivity index (χ2v) is 8.58. The molecule has 1 N–H and O–H groups in total. The summed E-state index contributed by atoms with van der Waals surface area (Å²) in [5.41, 5.74) is 0.716. The van der Waals surface area contributed by atoms with Crippen LogP contribution < -0.4 is 15.6 Å². The predicted molar refractivity (Wildman–Crippen MR) is 110 cm³/mol. The van der Waals surface area contributed by atoms with Gasteiger partial charge in [-0.3, -0.25) is 9.36 Å². The van der Waals surface area contributed by atoms with Gasteiger partial charge in [0.2, 0.25) is 5.89 Å². The van der Waals surface area contributed by atoms with Crippen LogP contribution in [0.3, 0.4) is 0 Å². The summed E-state index contributed by atoms with van der Waals surface area (Å²) in [6.07, 6.45) is -1.87. The molecule has 1 aliphatic heterocycles. The van der Waals surface area contributed by atoms with Gasteiger partial charge in [-0.15, -0.1) is 13.2 Å². The fraction of sp³-hybridized carbons (Fsp3) is 0.381. The van der Waals surface area contributed by atoms with Crippen molar-refractivity contribution in [2.24, 2.45) is 13.0 Å². The first-order valence-electron chi connectivity index (χ1n) is 10.5. The minimum absolute atomic E-state index is 0.0392. The number of ether oxygens (including phenoxy) is 1. The number of nitrogens with one attached hydrogen (secondary N) is 1. The molecule has 10 nitrogen and oxygen atoms in total. The zero-order valence-electron chi connectivity index (χ0n) is 17.8. The normalized spacial score (nSPS) is 23.9. The molecule has 34 heavy (non-hydrogen) atoms. The van der Waals surface area contributed by atoms with Crippen LogP contribution in [0.4, 0.5) is 13.2 Å². The number of nitrogens with zero attached hydrogens (tertiary/aromatic N) is 6. The van der Waals surface area contributed by atoms with Gasteiger partial charge in [0.1, 0.15) is 18.6 Å². The number of rotatable bonds is 5. The lowest BCUT2D eigenvalue weighted by Crippen LogP contribution is -2.24. The first-order valence-corrected chi connectivity index (χ1v) is 10.5. The van der Waals surface area contributed by atoms with Gasteiger partial charge in [0, 0.05) is 24.9 Å². The highest BCUT2D eigenvalue weighted by Gasteiger charge is 2.70. The van der Waals surface area contributed by atoms with Crippen LogP contribution in [0.2, 0.25) is 0 Å². The van der Waals surface area contributed by atoms with Crippen LogP contribution in [0.15, 0.2) is 46.2 Å². The fourth-order valence-electron chi connectivity index (χ4n) is 5.17. The Balaban J connectivity index is 1.28. The van der Waals surface area contributed by atoms with E-state index in [2.05, 4.69) is 30.2 Å². The third-order valence-corrected chi connectivity index (χ3v) is 6.66. The van der Waals surface area contributed by atoms with Gasteiger partial charge < -0.3 is 19.1 Å². The standard InChI is InChI=1S/C21H18F3N7O3/c1-30-9-26-18-16(30)19(32)31(10-27-18)7-14-28-17(29-34-14)15-13-6-25-8-20(13,15)11-3-2-4-12(5-11)33-21(22,23)24/h2-5,9-10,13,15,25H,6-8H2,1H3/t13-,15-,20-/m0/s1. The maximum absolute atomic E-state index is 12.8. The molecular formula is C21H18F3N7O3. The molecule has 2 fully saturated rings. The van der Waals surface area contributed by atoms with Crippen LogP contribution in [0.5, 0.6) is 5.75 Å². The molecule has 1 aliphatic carbocycles. The van der Waals surface area contributed by atoms with E-state index in [1.165, 1.54) is 29.4 Å². The second kappa shape index (κ2) is 7.13. The smallest absolute Gasteiger partial charge is 0.406 e. The zero-order valence-corrected chi connectivity index (χ0v) is 17.8. The monoisotopic (exact) mass is 473 g/mol. The lowest BCUT2D eigenvalue weighted by Gasteiger charge is -2.16. The number of alkyl halides is 3. The van der Waals surface area contributed by atoms with Crippen molar-refractivity contribution in [3.63, 3.8) is 0 Å². The van der Waals surface area contributed by atoms with Gasteiger partial charge in [0.05, 0.1) is 6.33 Å². The van der Waals surface area contributed by atoms with Crippen molar-refractivity contribution in [1.82, 2.24) is 34.6 Å². The van der Waals surface area contributed by atoms with Gasteiger partial charge in [0.25, 0.3) is 5.56 Å². The maximum Gasteiger partial charge on any atom is 0.573 e. The van der Waals surface area contributed by atoms with Crippen LogP contribution in [0, 0.1) is 5.92 Å². The molecule has 13 heteroatoms. The Labute approximate surface area is 189 Å². The highest BCUT2D eigenvalue weighted by Crippen LogP contribution is 2.66. The summed E-state index contributed by atoms with van der Waals surface area (Å²) in [6, 6.07) is 6.03. The summed E-state index contributed by atoms with van der Waals surface area (Å²) in [6.45, 7) is 1.29. The van der Waals surface area contributed by atoms with Crippen molar-refractivity contribution in [3.8, 4) is 5.75 Å². The van der Waals surface area contributed by atoms with Gasteiger partial charge in [-0.1, -0.05) is 17.3 Å². The van der Waals surface area contributed by atoms with Gasteiger partial charge in [-0.2, -0.15) is 4.98 Å². The van der Waals surface area contributed by atoms with E-state index in [-0.39, 0.29) is 35.6 Å². The molecule has 0 spiro atoms. The Hall–Kier alpha value is -3.74. The number of hydrogen-bond donors (Lipinski definition) is 1. The van der Waals surface area contributed by atoms with Crippen LogP contribution >= 0.6 is 0 Å². The molecular weight excluding hydrogens is 455 g/mol. The number of aryl methyl sites for hydroxylation is 1. The highest BCUT2D eigenvalue weighted by atomic mass is 19.4. The van der Waals surface area contributed by atoms with Crippen molar-refractivity contribution in [3.05, 3.63) is 64.6 Å². The second-order valence-electron chi connectivity index (χ2n) is 8.58. The molecule has 0 radical (unpaired) electrons. The van der Waals surface area contributed by atoms with E-state index in [0.717, 1.165) is 5.56 Å². The SMILES string of the molecule is Cn1cnc2ncn(Cc3nc([C@@H]4[C@@H]5CNC[C@@]45c4cccc(OC(F)(F)F)c4)no3)c(=O)c21. The Morgan fingerprint density at radius 3 is 2.94 bits per heavy atom. The predicted octanol–water partition coefficient (Wildman–Crippen LogP) is 1.71. The molecule has 0 amide bonds. The minimum atomic E-state index is -4.76. The van der Waals surface area contributed by atoms with Crippen molar-refractivity contribution < 1.29 is 22.4 Å². The number of halogens is 3. The Morgan fingerprint density at radius 2 is 2.12 bits per heavy atom. The largest absolute Gasteiger partial charge is 0.573 e. The van der Waals surface area contributed by atoms with Crippen molar-refractivity contribution >= 4 is 11.2 Å². The molecule has 6 rings (SSSR count). The third kappa shape index (κ3) is 3.18. The van der Waals surface area contributed by atoms with Gasteiger partial charge in [0.15, 0.2) is 17.0 Å². The fourth-order valence-corrected chi connectivity index (χ4v) is 5.17. The molecule has 4 heterocycles. The highest BCUT2D eigenvalue weighted by molar-refractivity contribution is 5.68. The number of aromatic nitrogens is 6. The van der Waals surface area contributed by atoms with Crippen molar-refractivity contribution in [2.45, 2.75) is 24.2 Å². The van der Waals surface area contributed by atoms with E-state index in [0.29, 0.717) is 30.1 Å². The van der Waals surface area contributed by atoms with Gasteiger partial charge >= 0.3 is 6.36 Å². The number of imidazole rings is 1. The first kappa shape index (κ1) is 20.8. The summed E-state index contributed by atoms with van der Waals surface area (Å²) in [4.78, 5) is 25.5. The van der Waals surface area contributed by atoms with E-state index < -0.39 is 11.8 Å². The van der Waals surface area contributed by atoms with Gasteiger partial charge in [-0.05, 0) is 30.2 Å². The number of fused-ring (bicyclic) bond motifs is 2. The molecule has 2 aliphatic rings. The molecule has 4 aromatic rings. The van der Waals surface area contributed by atoms with Crippen LogP contribution in [-0.4, -0.2) is 48.7 Å². The first-order chi connectivity index (χ1) is 16.3. The molecule has 1 aromatic carbocycles.